The number of benzene rings is 1. The maximum absolute atomic E-state index is 11.7. The van der Waals surface area contributed by atoms with Gasteiger partial charge < -0.3 is 15.0 Å². The van der Waals surface area contributed by atoms with E-state index in [-0.39, 0.29) is 16.6 Å². The second kappa shape index (κ2) is 7.54. The van der Waals surface area contributed by atoms with Gasteiger partial charge in [0.1, 0.15) is 5.60 Å². The van der Waals surface area contributed by atoms with Crippen LogP contribution in [0.15, 0.2) is 29.2 Å². The SMILES string of the molecule is CC(C)(C)OC(=O)N1CC2(CCNC2)C1.Cc1ccc(S(=O)(=O)O)cc1. The molecule has 26 heavy (non-hydrogen) atoms. The second-order valence-electron chi connectivity index (χ2n) is 8.05. The zero-order chi connectivity index (χ0) is 19.6. The molecule has 1 amide bonds. The van der Waals surface area contributed by atoms with Crippen LogP contribution in [-0.2, 0) is 14.9 Å². The third-order valence-electron chi connectivity index (χ3n) is 4.36. The maximum atomic E-state index is 11.7. The summed E-state index contributed by atoms with van der Waals surface area (Å²) in [5.74, 6) is 0. The molecular weight excluding hydrogens is 356 g/mol. The van der Waals surface area contributed by atoms with Crippen molar-refractivity contribution >= 4 is 16.2 Å². The van der Waals surface area contributed by atoms with Gasteiger partial charge in [0.15, 0.2) is 0 Å². The van der Waals surface area contributed by atoms with Crippen molar-refractivity contribution < 1.29 is 22.5 Å². The fourth-order valence-corrected chi connectivity index (χ4v) is 3.47. The number of aryl methyl sites for hydroxylation is 1. The smallest absolute Gasteiger partial charge is 0.410 e. The summed E-state index contributed by atoms with van der Waals surface area (Å²) in [5, 5.41) is 3.34. The monoisotopic (exact) mass is 384 g/mol. The lowest BCUT2D eigenvalue weighted by molar-refractivity contribution is -0.0271. The van der Waals surface area contributed by atoms with Crippen LogP contribution in [-0.4, -0.2) is 55.7 Å². The summed E-state index contributed by atoms with van der Waals surface area (Å²) in [7, 11) is -4.02. The molecule has 2 fully saturated rings. The quantitative estimate of drug-likeness (QED) is 0.722. The van der Waals surface area contributed by atoms with Gasteiger partial charge in [-0.2, -0.15) is 8.42 Å². The van der Waals surface area contributed by atoms with Crippen molar-refractivity contribution in [3.63, 3.8) is 0 Å². The molecule has 1 aromatic rings. The molecule has 0 unspecified atom stereocenters. The molecule has 0 aromatic heterocycles. The Morgan fingerprint density at radius 1 is 1.23 bits per heavy atom. The van der Waals surface area contributed by atoms with Gasteiger partial charge in [0.05, 0.1) is 4.90 Å². The minimum absolute atomic E-state index is 0.0666. The molecule has 2 N–H and O–H groups in total. The minimum atomic E-state index is -4.02. The van der Waals surface area contributed by atoms with Gasteiger partial charge in [-0.3, -0.25) is 4.55 Å². The Bertz CT molecular complexity index is 724. The highest BCUT2D eigenvalue weighted by Gasteiger charge is 2.47. The fraction of sp³-hybridized carbons (Fsp3) is 0.611. The Morgan fingerprint density at radius 2 is 1.81 bits per heavy atom. The number of likely N-dealkylation sites (tertiary alicyclic amines) is 1. The summed E-state index contributed by atoms with van der Waals surface area (Å²) in [6, 6.07) is 5.99. The first kappa shape index (κ1) is 20.7. The summed E-state index contributed by atoms with van der Waals surface area (Å²) >= 11 is 0. The van der Waals surface area contributed by atoms with Crippen molar-refractivity contribution in [1.29, 1.82) is 0 Å². The van der Waals surface area contributed by atoms with Crippen LogP contribution in [0, 0.1) is 12.3 Å². The summed E-state index contributed by atoms with van der Waals surface area (Å²) in [6.45, 7) is 11.4. The lowest BCUT2D eigenvalue weighted by Crippen LogP contribution is -2.60. The van der Waals surface area contributed by atoms with Crippen molar-refractivity contribution in [2.45, 2.75) is 44.6 Å². The van der Waals surface area contributed by atoms with Gasteiger partial charge in [0, 0.05) is 25.0 Å². The van der Waals surface area contributed by atoms with Crippen LogP contribution < -0.4 is 5.32 Å². The van der Waals surface area contributed by atoms with E-state index in [9.17, 15) is 13.2 Å². The zero-order valence-electron chi connectivity index (χ0n) is 15.8. The largest absolute Gasteiger partial charge is 0.444 e. The van der Waals surface area contributed by atoms with E-state index in [1.165, 1.54) is 18.6 Å². The third-order valence-corrected chi connectivity index (χ3v) is 5.22. The molecule has 1 aromatic carbocycles. The molecule has 2 aliphatic rings. The van der Waals surface area contributed by atoms with E-state index in [0.717, 1.165) is 31.7 Å². The van der Waals surface area contributed by atoms with Gasteiger partial charge in [-0.1, -0.05) is 17.7 Å². The first-order valence-electron chi connectivity index (χ1n) is 8.63. The van der Waals surface area contributed by atoms with Gasteiger partial charge in [0.2, 0.25) is 0 Å². The molecular formula is C18H28N2O5S. The second-order valence-corrected chi connectivity index (χ2v) is 9.47. The molecule has 8 heteroatoms. The van der Waals surface area contributed by atoms with Crippen LogP contribution in [0.4, 0.5) is 4.79 Å². The van der Waals surface area contributed by atoms with Gasteiger partial charge in [-0.15, -0.1) is 0 Å². The average Bonchev–Trinajstić information content (AvgIpc) is 2.93. The van der Waals surface area contributed by atoms with Crippen LogP contribution in [0.5, 0.6) is 0 Å². The molecule has 2 saturated heterocycles. The topological polar surface area (TPSA) is 95.9 Å². The summed E-state index contributed by atoms with van der Waals surface area (Å²) in [5.41, 5.74) is 0.933. The lowest BCUT2D eigenvalue weighted by atomic mass is 9.79. The molecule has 7 nitrogen and oxygen atoms in total. The molecule has 0 bridgehead atoms. The summed E-state index contributed by atoms with van der Waals surface area (Å²) in [4.78, 5) is 13.4. The molecule has 3 rings (SSSR count). The molecule has 0 atom stereocenters. The number of hydrogen-bond acceptors (Lipinski definition) is 5. The number of amides is 1. The Kier molecular flexibility index (Phi) is 5.99. The van der Waals surface area contributed by atoms with E-state index in [1.54, 1.807) is 17.0 Å². The van der Waals surface area contributed by atoms with Gasteiger partial charge in [-0.25, -0.2) is 4.79 Å². The van der Waals surface area contributed by atoms with E-state index >= 15 is 0 Å². The van der Waals surface area contributed by atoms with Crippen LogP contribution in [0.2, 0.25) is 0 Å². The predicted octanol–water partition coefficient (Wildman–Crippen LogP) is 2.46. The highest BCUT2D eigenvalue weighted by Crippen LogP contribution is 2.36. The number of carbonyl (C=O) groups excluding carboxylic acids is 1. The molecule has 1 spiro atoms. The van der Waals surface area contributed by atoms with Gasteiger partial charge in [0.25, 0.3) is 10.1 Å². The fourth-order valence-electron chi connectivity index (χ4n) is 2.99. The van der Waals surface area contributed by atoms with Crippen molar-refractivity contribution in [3.8, 4) is 0 Å². The third kappa shape index (κ3) is 5.69. The number of nitrogens with zero attached hydrogens (tertiary/aromatic N) is 1. The first-order chi connectivity index (χ1) is 11.9. The maximum Gasteiger partial charge on any atom is 0.410 e. The number of hydrogen-bond donors (Lipinski definition) is 2. The molecule has 2 aliphatic heterocycles. The van der Waals surface area contributed by atoms with E-state index in [4.69, 9.17) is 9.29 Å². The van der Waals surface area contributed by atoms with E-state index in [1.807, 2.05) is 27.7 Å². The van der Waals surface area contributed by atoms with Crippen molar-refractivity contribution in [2.75, 3.05) is 26.2 Å². The van der Waals surface area contributed by atoms with E-state index in [0.29, 0.717) is 5.41 Å². The summed E-state index contributed by atoms with van der Waals surface area (Å²) < 4.78 is 34.9. The average molecular weight is 384 g/mol. The molecule has 146 valence electrons. The number of carbonyl (C=O) groups is 1. The zero-order valence-corrected chi connectivity index (χ0v) is 16.6. The van der Waals surface area contributed by atoms with Crippen LogP contribution in [0.25, 0.3) is 0 Å². The van der Waals surface area contributed by atoms with E-state index in [2.05, 4.69) is 5.32 Å². The highest BCUT2D eigenvalue weighted by molar-refractivity contribution is 7.85. The molecule has 0 radical (unpaired) electrons. The Morgan fingerprint density at radius 3 is 2.23 bits per heavy atom. The lowest BCUT2D eigenvalue weighted by Gasteiger charge is -2.47. The standard InChI is InChI=1S/C11H20N2O2.C7H8O3S/c1-10(2,3)15-9(14)13-7-11(8-13)4-5-12-6-11;1-6-2-4-7(5-3-6)11(8,9)10/h12H,4-8H2,1-3H3;2-5H,1H3,(H,8,9,10). The van der Waals surface area contributed by atoms with Crippen LogP contribution in [0.1, 0.15) is 32.8 Å². The number of ether oxygens (including phenoxy) is 1. The number of nitrogens with one attached hydrogen (secondary N) is 1. The Balaban J connectivity index is 0.000000197. The number of rotatable bonds is 1. The van der Waals surface area contributed by atoms with Crippen molar-refractivity contribution in [2.24, 2.45) is 5.41 Å². The van der Waals surface area contributed by atoms with Gasteiger partial charge in [-0.05, 0) is 52.8 Å². The van der Waals surface area contributed by atoms with Crippen LogP contribution >= 0.6 is 0 Å². The van der Waals surface area contributed by atoms with Crippen LogP contribution in [0.3, 0.4) is 0 Å². The molecule has 0 saturated carbocycles. The molecule has 2 heterocycles. The molecule has 0 aliphatic carbocycles. The predicted molar refractivity (Wildman–Crippen MR) is 98.7 cm³/mol. The van der Waals surface area contributed by atoms with Crippen molar-refractivity contribution in [1.82, 2.24) is 10.2 Å². The van der Waals surface area contributed by atoms with Gasteiger partial charge >= 0.3 is 6.09 Å². The van der Waals surface area contributed by atoms with E-state index < -0.39 is 10.1 Å². The summed E-state index contributed by atoms with van der Waals surface area (Å²) in [6.07, 6.45) is 1.02. The first-order valence-corrected chi connectivity index (χ1v) is 10.1. The Labute approximate surface area is 155 Å². The van der Waals surface area contributed by atoms with Crippen molar-refractivity contribution in [3.05, 3.63) is 29.8 Å². The Hall–Kier alpha value is -1.64. The normalized spacial score (nSPS) is 18.7. The highest BCUT2D eigenvalue weighted by atomic mass is 32.2. The minimum Gasteiger partial charge on any atom is -0.444 e.